The second kappa shape index (κ2) is 4.92. The molecule has 2 aromatic rings. The van der Waals surface area contributed by atoms with Gasteiger partial charge >= 0.3 is 0 Å². The minimum Gasteiger partial charge on any atom is -0.447 e. The van der Waals surface area contributed by atoms with Gasteiger partial charge in [-0.3, -0.25) is 4.68 Å². The Bertz CT molecular complexity index is 629. The van der Waals surface area contributed by atoms with E-state index in [4.69, 9.17) is 10.2 Å². The molecule has 0 fully saturated rings. The zero-order chi connectivity index (χ0) is 13.2. The Kier molecular flexibility index (Phi) is 3.50. The van der Waals surface area contributed by atoms with Gasteiger partial charge in [0.25, 0.3) is 10.0 Å². The summed E-state index contributed by atoms with van der Waals surface area (Å²) in [7, 11) is -1.90. The summed E-state index contributed by atoms with van der Waals surface area (Å²) in [5, 5.41) is 3.93. The van der Waals surface area contributed by atoms with Crippen molar-refractivity contribution >= 4 is 10.0 Å². The summed E-state index contributed by atoms with van der Waals surface area (Å²) in [6.07, 6.45) is 1.74. The number of furan rings is 1. The zero-order valence-electron chi connectivity index (χ0n) is 9.83. The van der Waals surface area contributed by atoms with Crippen molar-refractivity contribution < 1.29 is 12.8 Å². The summed E-state index contributed by atoms with van der Waals surface area (Å²) in [5.74, 6) is 0.424. The first-order valence-electron chi connectivity index (χ1n) is 5.28. The fourth-order valence-corrected chi connectivity index (χ4v) is 2.35. The number of sulfonamides is 1. The van der Waals surface area contributed by atoms with Crippen molar-refractivity contribution in [1.82, 2.24) is 14.5 Å². The Morgan fingerprint density at radius 3 is 2.78 bits per heavy atom. The summed E-state index contributed by atoms with van der Waals surface area (Å²) in [6.45, 7) is 0.275. The molecule has 0 saturated carbocycles. The number of nitrogens with one attached hydrogen (secondary N) is 1. The van der Waals surface area contributed by atoms with Crippen molar-refractivity contribution in [2.24, 2.45) is 12.8 Å². The molecular weight excluding hydrogens is 256 g/mol. The van der Waals surface area contributed by atoms with E-state index in [1.54, 1.807) is 24.0 Å². The lowest BCUT2D eigenvalue weighted by molar-refractivity contribution is 0.412. The van der Waals surface area contributed by atoms with Crippen molar-refractivity contribution in [3.8, 4) is 0 Å². The van der Waals surface area contributed by atoms with Gasteiger partial charge in [0.1, 0.15) is 5.76 Å². The van der Waals surface area contributed by atoms with Crippen molar-refractivity contribution in [3.63, 3.8) is 0 Å². The molecule has 0 aliphatic carbocycles. The summed E-state index contributed by atoms with van der Waals surface area (Å²) in [4.78, 5) is 0. The van der Waals surface area contributed by atoms with Gasteiger partial charge in [-0.05, 0) is 18.2 Å². The number of hydrogen-bond donors (Lipinski definition) is 2. The Labute approximate surface area is 105 Å². The van der Waals surface area contributed by atoms with Crippen molar-refractivity contribution in [3.05, 3.63) is 35.9 Å². The normalized spacial score (nSPS) is 11.9. The van der Waals surface area contributed by atoms with Gasteiger partial charge < -0.3 is 10.2 Å². The molecule has 3 N–H and O–H groups in total. The molecular formula is C10H14N4O3S. The van der Waals surface area contributed by atoms with Gasteiger partial charge in [-0.1, -0.05) is 0 Å². The molecule has 18 heavy (non-hydrogen) atoms. The maximum Gasteiger partial charge on any atom is 0.274 e. The maximum absolute atomic E-state index is 11.9. The third kappa shape index (κ3) is 2.78. The molecule has 8 heteroatoms. The summed E-state index contributed by atoms with van der Waals surface area (Å²) < 4.78 is 32.8. The van der Waals surface area contributed by atoms with Crippen molar-refractivity contribution in [2.45, 2.75) is 18.2 Å². The highest BCUT2D eigenvalue weighted by Crippen LogP contribution is 2.13. The van der Waals surface area contributed by atoms with E-state index in [9.17, 15) is 8.42 Å². The fraction of sp³-hybridized carbons (Fsp3) is 0.300. The topological polar surface area (TPSA) is 103 Å². The molecule has 7 nitrogen and oxygen atoms in total. The lowest BCUT2D eigenvalue weighted by Gasteiger charge is -2.01. The fourth-order valence-electron chi connectivity index (χ4n) is 1.41. The lowest BCUT2D eigenvalue weighted by atomic mass is 10.4. The first-order valence-corrected chi connectivity index (χ1v) is 6.76. The second-order valence-electron chi connectivity index (χ2n) is 3.73. The molecule has 2 rings (SSSR count). The minimum atomic E-state index is -3.66. The van der Waals surface area contributed by atoms with Gasteiger partial charge in [0.05, 0.1) is 18.8 Å². The molecule has 0 aromatic carbocycles. The summed E-state index contributed by atoms with van der Waals surface area (Å²) >= 11 is 0. The molecule has 0 bridgehead atoms. The Morgan fingerprint density at radius 2 is 2.22 bits per heavy atom. The van der Waals surface area contributed by atoms with Gasteiger partial charge in [-0.25, -0.2) is 13.1 Å². The molecule has 0 radical (unpaired) electrons. The van der Waals surface area contributed by atoms with Crippen LogP contribution in [0.1, 0.15) is 11.5 Å². The number of aryl methyl sites for hydroxylation is 1. The van der Waals surface area contributed by atoms with Crippen LogP contribution in [-0.2, 0) is 30.2 Å². The standard InChI is InChI=1S/C10H14N4O3S/c1-14-5-4-8(13-14)7-12-18(15,16)10-3-2-9(6-11)17-10/h2-5,12H,6-7,11H2,1H3. The third-order valence-corrected chi connectivity index (χ3v) is 3.59. The smallest absolute Gasteiger partial charge is 0.274 e. The molecule has 0 aliphatic heterocycles. The Hall–Kier alpha value is -1.64. The Morgan fingerprint density at radius 1 is 1.44 bits per heavy atom. The zero-order valence-corrected chi connectivity index (χ0v) is 10.6. The van der Waals surface area contributed by atoms with Crippen LogP contribution in [0, 0.1) is 0 Å². The monoisotopic (exact) mass is 270 g/mol. The predicted molar refractivity (Wildman–Crippen MR) is 63.8 cm³/mol. The van der Waals surface area contributed by atoms with E-state index in [1.807, 2.05) is 0 Å². The molecule has 0 atom stereocenters. The number of hydrogen-bond acceptors (Lipinski definition) is 5. The maximum atomic E-state index is 11.9. The molecule has 0 saturated heterocycles. The molecule has 2 aromatic heterocycles. The molecule has 0 spiro atoms. The number of rotatable bonds is 5. The second-order valence-corrected chi connectivity index (χ2v) is 5.43. The molecule has 0 unspecified atom stereocenters. The van der Waals surface area contributed by atoms with E-state index in [0.29, 0.717) is 11.5 Å². The van der Waals surface area contributed by atoms with Gasteiger partial charge in [0.15, 0.2) is 0 Å². The van der Waals surface area contributed by atoms with Gasteiger partial charge in [-0.15, -0.1) is 0 Å². The van der Waals surface area contributed by atoms with E-state index in [1.165, 1.54) is 12.1 Å². The Balaban J connectivity index is 2.07. The molecule has 98 valence electrons. The van der Waals surface area contributed by atoms with Gasteiger partial charge in [0.2, 0.25) is 5.09 Å². The van der Waals surface area contributed by atoms with Crippen molar-refractivity contribution in [1.29, 1.82) is 0 Å². The number of aromatic nitrogens is 2. The van der Waals surface area contributed by atoms with Crippen LogP contribution in [0.2, 0.25) is 0 Å². The average Bonchev–Trinajstić information content (AvgIpc) is 2.95. The number of nitrogens with zero attached hydrogens (tertiary/aromatic N) is 2. The molecule has 0 amide bonds. The lowest BCUT2D eigenvalue weighted by Crippen LogP contribution is -2.23. The highest BCUT2D eigenvalue weighted by molar-refractivity contribution is 7.89. The van der Waals surface area contributed by atoms with E-state index in [2.05, 4.69) is 9.82 Å². The quantitative estimate of drug-likeness (QED) is 0.793. The van der Waals surface area contributed by atoms with Crippen LogP contribution in [0.15, 0.2) is 33.9 Å². The average molecular weight is 270 g/mol. The largest absolute Gasteiger partial charge is 0.447 e. The van der Waals surface area contributed by atoms with Crippen LogP contribution in [0.5, 0.6) is 0 Å². The predicted octanol–water partition coefficient (Wildman–Crippen LogP) is -0.0497. The summed E-state index contributed by atoms with van der Waals surface area (Å²) in [6, 6.07) is 4.65. The van der Waals surface area contributed by atoms with Crippen LogP contribution in [0.3, 0.4) is 0 Å². The van der Waals surface area contributed by atoms with Crippen LogP contribution in [0.25, 0.3) is 0 Å². The van der Waals surface area contributed by atoms with Crippen LogP contribution >= 0.6 is 0 Å². The van der Waals surface area contributed by atoms with E-state index in [0.717, 1.165) is 0 Å². The minimum absolute atomic E-state index is 0.113. The van der Waals surface area contributed by atoms with Crippen LogP contribution in [-0.4, -0.2) is 18.2 Å². The van der Waals surface area contributed by atoms with E-state index >= 15 is 0 Å². The highest BCUT2D eigenvalue weighted by Gasteiger charge is 2.18. The molecule has 2 heterocycles. The SMILES string of the molecule is Cn1ccc(CNS(=O)(=O)c2ccc(CN)o2)n1. The highest BCUT2D eigenvalue weighted by atomic mass is 32.2. The van der Waals surface area contributed by atoms with E-state index in [-0.39, 0.29) is 18.2 Å². The van der Waals surface area contributed by atoms with Crippen LogP contribution < -0.4 is 10.5 Å². The third-order valence-electron chi connectivity index (χ3n) is 2.32. The van der Waals surface area contributed by atoms with Gasteiger partial charge in [0, 0.05) is 13.2 Å². The summed E-state index contributed by atoms with van der Waals surface area (Å²) in [5.41, 5.74) is 5.98. The number of nitrogens with two attached hydrogens (primary N) is 1. The van der Waals surface area contributed by atoms with Crippen LogP contribution in [0.4, 0.5) is 0 Å². The van der Waals surface area contributed by atoms with Gasteiger partial charge in [-0.2, -0.15) is 5.10 Å². The molecule has 0 aliphatic rings. The van der Waals surface area contributed by atoms with Crippen molar-refractivity contribution in [2.75, 3.05) is 0 Å². The first-order chi connectivity index (χ1) is 8.51. The van der Waals surface area contributed by atoms with E-state index < -0.39 is 10.0 Å². The first kappa shape index (κ1) is 12.8.